The van der Waals surface area contributed by atoms with Gasteiger partial charge in [0.25, 0.3) is 0 Å². The van der Waals surface area contributed by atoms with Gasteiger partial charge in [-0.2, -0.15) is 5.26 Å². The van der Waals surface area contributed by atoms with E-state index in [2.05, 4.69) is 11.4 Å². The largest absolute Gasteiger partial charge is 0.481 e. The van der Waals surface area contributed by atoms with E-state index in [0.717, 1.165) is 16.9 Å². The molecule has 2 atom stereocenters. The lowest BCUT2D eigenvalue weighted by molar-refractivity contribution is -0.145. The van der Waals surface area contributed by atoms with Crippen LogP contribution in [0, 0.1) is 37.0 Å². The van der Waals surface area contributed by atoms with Gasteiger partial charge in [-0.15, -0.1) is 11.3 Å². The van der Waals surface area contributed by atoms with Crippen molar-refractivity contribution >= 4 is 28.2 Å². The van der Waals surface area contributed by atoms with E-state index in [1.54, 1.807) is 0 Å². The summed E-state index contributed by atoms with van der Waals surface area (Å²) in [6.07, 6.45) is 1.89. The predicted octanol–water partition coefficient (Wildman–Crippen LogP) is 2.68. The number of carbonyl (C=O) groups excluding carboxylic acids is 1. The van der Waals surface area contributed by atoms with Gasteiger partial charge in [-0.3, -0.25) is 9.59 Å². The minimum atomic E-state index is -0.915. The van der Waals surface area contributed by atoms with Crippen LogP contribution >= 0.6 is 11.3 Å². The highest BCUT2D eigenvalue weighted by atomic mass is 32.1. The number of nitrogens with zero attached hydrogens (tertiary/aromatic N) is 1. The summed E-state index contributed by atoms with van der Waals surface area (Å²) in [5.41, 5.74) is 1.35. The molecule has 1 amide bonds. The molecular weight excluding hydrogens is 276 g/mol. The molecule has 0 aliphatic heterocycles. The van der Waals surface area contributed by atoms with Gasteiger partial charge in [0.1, 0.15) is 11.1 Å². The maximum Gasteiger partial charge on any atom is 0.307 e. The van der Waals surface area contributed by atoms with Crippen molar-refractivity contribution in [2.24, 2.45) is 11.8 Å². The molecule has 1 aliphatic carbocycles. The third-order valence-corrected chi connectivity index (χ3v) is 5.03. The number of nitriles is 1. The third-order valence-electron chi connectivity index (χ3n) is 3.90. The van der Waals surface area contributed by atoms with E-state index < -0.39 is 17.8 Å². The van der Waals surface area contributed by atoms with Crippen LogP contribution in [-0.4, -0.2) is 17.0 Å². The summed E-state index contributed by atoms with van der Waals surface area (Å²) in [5, 5.41) is 21.5. The average Bonchev–Trinajstić information content (AvgIpc) is 2.96. The van der Waals surface area contributed by atoms with Crippen LogP contribution in [0.2, 0.25) is 0 Å². The fourth-order valence-corrected chi connectivity index (χ4v) is 3.64. The van der Waals surface area contributed by atoms with Gasteiger partial charge in [0, 0.05) is 4.88 Å². The SMILES string of the molecule is Cc1sc(NC(=O)C2CCCC2C(=O)O)c(C#N)c1C. The number of amides is 1. The van der Waals surface area contributed by atoms with Gasteiger partial charge < -0.3 is 10.4 Å². The zero-order valence-corrected chi connectivity index (χ0v) is 12.2. The van der Waals surface area contributed by atoms with E-state index in [1.165, 1.54) is 11.3 Å². The number of carbonyl (C=O) groups is 2. The Hall–Kier alpha value is -1.87. The fraction of sp³-hybridized carbons (Fsp3) is 0.500. The Morgan fingerprint density at radius 2 is 2.00 bits per heavy atom. The maximum atomic E-state index is 12.2. The van der Waals surface area contributed by atoms with Crippen molar-refractivity contribution in [2.45, 2.75) is 33.1 Å². The van der Waals surface area contributed by atoms with Crippen LogP contribution in [0.3, 0.4) is 0 Å². The molecular formula is C14H16N2O3S. The highest BCUT2D eigenvalue weighted by Gasteiger charge is 2.38. The van der Waals surface area contributed by atoms with Crippen molar-refractivity contribution < 1.29 is 14.7 Å². The Morgan fingerprint density at radius 1 is 1.35 bits per heavy atom. The van der Waals surface area contributed by atoms with Crippen molar-refractivity contribution in [3.63, 3.8) is 0 Å². The number of nitrogens with one attached hydrogen (secondary N) is 1. The second-order valence-electron chi connectivity index (χ2n) is 5.07. The zero-order valence-electron chi connectivity index (χ0n) is 11.4. The second kappa shape index (κ2) is 5.63. The van der Waals surface area contributed by atoms with Crippen LogP contribution in [0.4, 0.5) is 5.00 Å². The number of hydrogen-bond donors (Lipinski definition) is 2. The lowest BCUT2D eigenvalue weighted by atomic mass is 9.95. The summed E-state index contributed by atoms with van der Waals surface area (Å²) in [6.45, 7) is 3.74. The molecule has 1 aromatic rings. The molecule has 20 heavy (non-hydrogen) atoms. The van der Waals surface area contributed by atoms with Crippen LogP contribution < -0.4 is 5.32 Å². The normalized spacial score (nSPS) is 21.4. The number of thiophene rings is 1. The van der Waals surface area contributed by atoms with Crippen molar-refractivity contribution in [1.29, 1.82) is 5.26 Å². The molecule has 0 bridgehead atoms. The first-order valence-electron chi connectivity index (χ1n) is 6.49. The van der Waals surface area contributed by atoms with Crippen molar-refractivity contribution in [3.05, 3.63) is 16.0 Å². The minimum Gasteiger partial charge on any atom is -0.481 e. The number of aryl methyl sites for hydroxylation is 1. The Kier molecular flexibility index (Phi) is 4.09. The summed E-state index contributed by atoms with van der Waals surface area (Å²) < 4.78 is 0. The average molecular weight is 292 g/mol. The van der Waals surface area contributed by atoms with Crippen LogP contribution in [0.1, 0.15) is 35.3 Å². The van der Waals surface area contributed by atoms with Gasteiger partial charge in [0.2, 0.25) is 5.91 Å². The van der Waals surface area contributed by atoms with Crippen molar-refractivity contribution in [3.8, 4) is 6.07 Å². The summed E-state index contributed by atoms with van der Waals surface area (Å²) in [7, 11) is 0. The molecule has 1 heterocycles. The molecule has 5 nitrogen and oxygen atoms in total. The number of aliphatic carboxylic acids is 1. The Balaban J connectivity index is 2.18. The van der Waals surface area contributed by atoms with Gasteiger partial charge in [-0.25, -0.2) is 0 Å². The van der Waals surface area contributed by atoms with Gasteiger partial charge in [0.15, 0.2) is 0 Å². The van der Waals surface area contributed by atoms with E-state index in [0.29, 0.717) is 23.4 Å². The van der Waals surface area contributed by atoms with Crippen molar-refractivity contribution in [2.75, 3.05) is 5.32 Å². The molecule has 2 N–H and O–H groups in total. The molecule has 1 saturated carbocycles. The topological polar surface area (TPSA) is 90.2 Å². The molecule has 6 heteroatoms. The fourth-order valence-electron chi connectivity index (χ4n) is 2.62. The monoisotopic (exact) mass is 292 g/mol. The van der Waals surface area contributed by atoms with E-state index in [4.69, 9.17) is 10.4 Å². The summed E-state index contributed by atoms with van der Waals surface area (Å²) in [6, 6.07) is 2.09. The van der Waals surface area contributed by atoms with Gasteiger partial charge >= 0.3 is 5.97 Å². The van der Waals surface area contributed by atoms with E-state index in [-0.39, 0.29) is 5.91 Å². The predicted molar refractivity (Wildman–Crippen MR) is 75.6 cm³/mol. The van der Waals surface area contributed by atoms with E-state index >= 15 is 0 Å². The highest BCUT2D eigenvalue weighted by Crippen LogP contribution is 2.36. The molecule has 2 unspecified atom stereocenters. The molecule has 1 aromatic heterocycles. The quantitative estimate of drug-likeness (QED) is 0.896. The number of carboxylic acids is 1. The molecule has 0 spiro atoms. The third kappa shape index (κ3) is 2.54. The standard InChI is InChI=1S/C14H16N2O3S/c1-7-8(2)20-13(11(7)6-15)16-12(17)9-4-3-5-10(9)14(18)19/h9-10H,3-5H2,1-2H3,(H,16,17)(H,18,19). The number of rotatable bonds is 3. The lowest BCUT2D eigenvalue weighted by Crippen LogP contribution is -2.29. The molecule has 2 rings (SSSR count). The van der Waals surface area contributed by atoms with Crippen molar-refractivity contribution in [1.82, 2.24) is 0 Å². The second-order valence-corrected chi connectivity index (χ2v) is 6.30. The van der Waals surface area contributed by atoms with Crippen LogP contribution in [0.25, 0.3) is 0 Å². The zero-order chi connectivity index (χ0) is 14.9. The smallest absolute Gasteiger partial charge is 0.307 e. The first-order chi connectivity index (χ1) is 9.45. The molecule has 1 fully saturated rings. The number of carboxylic acid groups (broad SMARTS) is 1. The molecule has 106 valence electrons. The summed E-state index contributed by atoms with van der Waals surface area (Å²) in [5.74, 6) is -2.31. The Labute approximate surface area is 121 Å². The summed E-state index contributed by atoms with van der Waals surface area (Å²) >= 11 is 1.36. The van der Waals surface area contributed by atoms with Gasteiger partial charge in [0.05, 0.1) is 17.4 Å². The lowest BCUT2D eigenvalue weighted by Gasteiger charge is -2.14. The Bertz CT molecular complexity index is 600. The molecule has 0 saturated heterocycles. The van der Waals surface area contributed by atoms with Crippen LogP contribution in [0.15, 0.2) is 0 Å². The number of hydrogen-bond acceptors (Lipinski definition) is 4. The summed E-state index contributed by atoms with van der Waals surface area (Å²) in [4.78, 5) is 24.3. The van der Waals surface area contributed by atoms with Crippen LogP contribution in [0.5, 0.6) is 0 Å². The van der Waals surface area contributed by atoms with Gasteiger partial charge in [-0.05, 0) is 32.3 Å². The van der Waals surface area contributed by atoms with Crippen LogP contribution in [-0.2, 0) is 9.59 Å². The van der Waals surface area contributed by atoms with E-state index in [9.17, 15) is 9.59 Å². The number of anilines is 1. The Morgan fingerprint density at radius 3 is 2.60 bits per heavy atom. The molecule has 1 aliphatic rings. The minimum absolute atomic E-state index is 0.285. The maximum absolute atomic E-state index is 12.2. The van der Waals surface area contributed by atoms with Gasteiger partial charge in [-0.1, -0.05) is 6.42 Å². The molecule has 0 aromatic carbocycles. The molecule has 0 radical (unpaired) electrons. The highest BCUT2D eigenvalue weighted by molar-refractivity contribution is 7.16. The first kappa shape index (κ1) is 14.5. The van der Waals surface area contributed by atoms with E-state index in [1.807, 2.05) is 13.8 Å². The first-order valence-corrected chi connectivity index (χ1v) is 7.31.